The highest BCUT2D eigenvalue weighted by Gasteiger charge is 2.21. The molecule has 0 radical (unpaired) electrons. The highest BCUT2D eigenvalue weighted by atomic mass is 16.3. The van der Waals surface area contributed by atoms with Gasteiger partial charge in [-0.3, -0.25) is 0 Å². The van der Waals surface area contributed by atoms with E-state index < -0.39 is 0 Å². The molecule has 0 unspecified atom stereocenters. The van der Waals surface area contributed by atoms with Gasteiger partial charge in [0, 0.05) is 49.5 Å². The molecular weight excluding hydrogens is 757 g/mol. The summed E-state index contributed by atoms with van der Waals surface area (Å²) in [5.74, 6) is 1.79. The fourth-order valence-corrected chi connectivity index (χ4v) is 8.94. The van der Waals surface area contributed by atoms with Crippen molar-refractivity contribution in [1.29, 1.82) is 0 Å². The predicted octanol–water partition coefficient (Wildman–Crippen LogP) is 14.9. The monoisotopic (exact) mass is 792 g/mol. The minimum atomic E-state index is 0.585. The molecule has 5 nitrogen and oxygen atoms in total. The molecule has 0 N–H and O–H groups in total. The molecule has 0 bridgehead atoms. The summed E-state index contributed by atoms with van der Waals surface area (Å²) in [6.07, 6.45) is 0. The molecule has 5 heteroatoms. The SMILES string of the molecule is c1ccc(-c2cccc(-c3nc(-c4ccc5oc6c(-c7ccccc7)cccc6c5c4)nc(-c4cccc5c4c4ccccc4n5-c4cccc(-c5ccccc5)c4)n3)c2)cc1. The molecule has 9 aromatic carbocycles. The van der Waals surface area contributed by atoms with Crippen molar-refractivity contribution in [2.24, 2.45) is 0 Å². The summed E-state index contributed by atoms with van der Waals surface area (Å²) in [7, 11) is 0. The van der Waals surface area contributed by atoms with E-state index >= 15 is 0 Å². The maximum atomic E-state index is 6.57. The molecule has 0 amide bonds. The Balaban J connectivity index is 1.07. The van der Waals surface area contributed by atoms with Gasteiger partial charge in [0.15, 0.2) is 17.5 Å². The second-order valence-electron chi connectivity index (χ2n) is 15.6. The van der Waals surface area contributed by atoms with E-state index in [-0.39, 0.29) is 0 Å². The first-order chi connectivity index (χ1) is 30.7. The molecule has 0 atom stereocenters. The van der Waals surface area contributed by atoms with Gasteiger partial charge in [-0.25, -0.2) is 15.0 Å². The molecule has 3 heterocycles. The molecule has 0 aliphatic heterocycles. The standard InChI is InChI=1S/C57H36N4O/c1-4-16-37(17-5-1)40-22-12-24-42(34-40)55-58-56(43-32-33-52-49(36-43)46-28-14-27-45(54(46)62-52)39-20-8-3-9-21-39)60-57(59-55)48-29-15-31-51-53(48)47-26-10-11-30-50(47)61(51)44-25-13-23-41(35-44)38-18-6-2-7-19-38/h1-36H. The van der Waals surface area contributed by atoms with Crippen molar-refractivity contribution < 1.29 is 4.42 Å². The van der Waals surface area contributed by atoms with Gasteiger partial charge < -0.3 is 8.98 Å². The molecule has 0 saturated carbocycles. The lowest BCUT2D eigenvalue weighted by molar-refractivity contribution is 0.670. The van der Waals surface area contributed by atoms with E-state index in [1.165, 1.54) is 5.56 Å². The average molecular weight is 793 g/mol. The highest BCUT2D eigenvalue weighted by molar-refractivity contribution is 6.15. The Labute approximate surface area is 357 Å². The molecule has 12 rings (SSSR count). The number of aromatic nitrogens is 4. The summed E-state index contributed by atoms with van der Waals surface area (Å²) >= 11 is 0. The summed E-state index contributed by atoms with van der Waals surface area (Å²) in [4.78, 5) is 15.9. The molecule has 0 spiro atoms. The highest BCUT2D eigenvalue weighted by Crippen LogP contribution is 2.41. The topological polar surface area (TPSA) is 56.7 Å². The van der Waals surface area contributed by atoms with E-state index in [2.05, 4.69) is 205 Å². The van der Waals surface area contributed by atoms with Crippen LogP contribution < -0.4 is 0 Å². The van der Waals surface area contributed by atoms with Crippen LogP contribution >= 0.6 is 0 Å². The van der Waals surface area contributed by atoms with Crippen LogP contribution in [0.3, 0.4) is 0 Å². The van der Waals surface area contributed by atoms with Gasteiger partial charge in [-0.2, -0.15) is 0 Å². The third-order valence-electron chi connectivity index (χ3n) is 11.9. The summed E-state index contributed by atoms with van der Waals surface area (Å²) < 4.78 is 8.93. The summed E-state index contributed by atoms with van der Waals surface area (Å²) in [5.41, 5.74) is 14.4. The Kier molecular flexibility index (Phi) is 8.42. The molecule has 62 heavy (non-hydrogen) atoms. The van der Waals surface area contributed by atoms with E-state index in [9.17, 15) is 0 Å². The van der Waals surface area contributed by atoms with Crippen LogP contribution in [-0.4, -0.2) is 19.5 Å². The third kappa shape index (κ3) is 6.06. The van der Waals surface area contributed by atoms with Crippen LogP contribution in [0, 0.1) is 0 Å². The predicted molar refractivity (Wildman–Crippen MR) is 254 cm³/mol. The molecule has 290 valence electrons. The van der Waals surface area contributed by atoms with Gasteiger partial charge in [-0.15, -0.1) is 0 Å². The summed E-state index contributed by atoms with van der Waals surface area (Å²) in [6.45, 7) is 0. The summed E-state index contributed by atoms with van der Waals surface area (Å²) in [5, 5.41) is 4.26. The number of nitrogens with zero attached hydrogens (tertiary/aromatic N) is 4. The average Bonchev–Trinajstić information content (AvgIpc) is 3.90. The lowest BCUT2D eigenvalue weighted by Gasteiger charge is -2.12. The first-order valence-corrected chi connectivity index (χ1v) is 20.8. The van der Waals surface area contributed by atoms with E-state index in [0.29, 0.717) is 17.5 Å². The van der Waals surface area contributed by atoms with Crippen LogP contribution in [0.25, 0.3) is 117 Å². The van der Waals surface area contributed by atoms with Gasteiger partial charge in [-0.05, 0) is 76.3 Å². The smallest absolute Gasteiger partial charge is 0.164 e. The Hall–Kier alpha value is -8.41. The third-order valence-corrected chi connectivity index (χ3v) is 11.9. The van der Waals surface area contributed by atoms with Crippen molar-refractivity contribution in [2.75, 3.05) is 0 Å². The number of hydrogen-bond acceptors (Lipinski definition) is 4. The van der Waals surface area contributed by atoms with E-state index in [1.807, 2.05) is 18.2 Å². The normalized spacial score (nSPS) is 11.5. The van der Waals surface area contributed by atoms with Gasteiger partial charge in [0.25, 0.3) is 0 Å². The van der Waals surface area contributed by atoms with Crippen LogP contribution in [0.1, 0.15) is 0 Å². The fraction of sp³-hybridized carbons (Fsp3) is 0. The zero-order valence-electron chi connectivity index (χ0n) is 33.5. The Morgan fingerprint density at radius 3 is 1.61 bits per heavy atom. The van der Waals surface area contributed by atoms with Crippen molar-refractivity contribution in [2.45, 2.75) is 0 Å². The zero-order valence-corrected chi connectivity index (χ0v) is 33.5. The fourth-order valence-electron chi connectivity index (χ4n) is 8.94. The van der Waals surface area contributed by atoms with E-state index in [4.69, 9.17) is 19.4 Å². The lowest BCUT2D eigenvalue weighted by atomic mass is 10.0. The van der Waals surface area contributed by atoms with Crippen molar-refractivity contribution >= 4 is 43.7 Å². The number of furan rings is 1. The second kappa shape index (κ2) is 14.7. The minimum Gasteiger partial charge on any atom is -0.455 e. The summed E-state index contributed by atoms with van der Waals surface area (Å²) in [6, 6.07) is 76.2. The van der Waals surface area contributed by atoms with Crippen LogP contribution in [-0.2, 0) is 0 Å². The van der Waals surface area contributed by atoms with Gasteiger partial charge in [0.1, 0.15) is 11.2 Å². The number of benzene rings is 9. The molecule has 0 fully saturated rings. The second-order valence-corrected chi connectivity index (χ2v) is 15.6. The lowest BCUT2D eigenvalue weighted by Crippen LogP contribution is -2.01. The van der Waals surface area contributed by atoms with Gasteiger partial charge >= 0.3 is 0 Å². The van der Waals surface area contributed by atoms with E-state index in [1.54, 1.807) is 0 Å². The van der Waals surface area contributed by atoms with Crippen LogP contribution in [0.4, 0.5) is 0 Å². The van der Waals surface area contributed by atoms with Crippen molar-refractivity contribution in [1.82, 2.24) is 19.5 Å². The van der Waals surface area contributed by atoms with E-state index in [0.717, 1.165) is 93.9 Å². The Morgan fingerprint density at radius 1 is 0.323 bits per heavy atom. The Morgan fingerprint density at radius 2 is 0.855 bits per heavy atom. The van der Waals surface area contributed by atoms with Gasteiger partial charge in [-0.1, -0.05) is 170 Å². The van der Waals surface area contributed by atoms with Crippen molar-refractivity contribution in [3.8, 4) is 73.2 Å². The molecule has 0 aliphatic carbocycles. The largest absolute Gasteiger partial charge is 0.455 e. The number of fused-ring (bicyclic) bond motifs is 6. The first-order valence-electron chi connectivity index (χ1n) is 20.8. The zero-order chi connectivity index (χ0) is 41.0. The molecule has 3 aromatic heterocycles. The number of rotatable bonds is 7. The molecule has 12 aromatic rings. The maximum Gasteiger partial charge on any atom is 0.164 e. The molecular formula is C57H36N4O. The molecule has 0 saturated heterocycles. The number of hydrogen-bond donors (Lipinski definition) is 0. The molecule has 0 aliphatic rings. The quantitative estimate of drug-likeness (QED) is 0.161. The number of para-hydroxylation sites is 2. The van der Waals surface area contributed by atoms with Crippen LogP contribution in [0.2, 0.25) is 0 Å². The van der Waals surface area contributed by atoms with Crippen LogP contribution in [0.15, 0.2) is 223 Å². The first kappa shape index (κ1) is 35.5. The van der Waals surface area contributed by atoms with Crippen molar-refractivity contribution in [3.63, 3.8) is 0 Å². The van der Waals surface area contributed by atoms with Gasteiger partial charge in [0.2, 0.25) is 0 Å². The van der Waals surface area contributed by atoms with Crippen LogP contribution in [0.5, 0.6) is 0 Å². The maximum absolute atomic E-state index is 6.57. The van der Waals surface area contributed by atoms with Gasteiger partial charge in [0.05, 0.1) is 11.0 Å². The Bertz CT molecular complexity index is 3630. The minimum absolute atomic E-state index is 0.585. The van der Waals surface area contributed by atoms with Crippen molar-refractivity contribution in [3.05, 3.63) is 218 Å².